The van der Waals surface area contributed by atoms with Crippen molar-refractivity contribution in [3.63, 3.8) is 0 Å². The molecule has 1 atom stereocenters. The van der Waals surface area contributed by atoms with E-state index in [4.69, 9.17) is 9.94 Å². The molecule has 1 amide bonds. The van der Waals surface area contributed by atoms with Crippen molar-refractivity contribution >= 4 is 17.6 Å². The zero-order valence-corrected chi connectivity index (χ0v) is 9.47. The van der Waals surface area contributed by atoms with Crippen LogP contribution in [0.1, 0.15) is 26.2 Å². The van der Waals surface area contributed by atoms with Crippen LogP contribution < -0.4 is 0 Å². The maximum atomic E-state index is 11.8. The van der Waals surface area contributed by atoms with Gasteiger partial charge < -0.3 is 14.8 Å². The topological polar surface area (TPSA) is 79.2 Å². The van der Waals surface area contributed by atoms with Gasteiger partial charge in [0.25, 0.3) is 5.91 Å². The third kappa shape index (κ3) is 2.95. The van der Waals surface area contributed by atoms with Crippen molar-refractivity contribution in [2.75, 3.05) is 13.6 Å². The van der Waals surface area contributed by atoms with E-state index in [1.807, 2.05) is 6.92 Å². The molecule has 1 unspecified atom stereocenters. The van der Waals surface area contributed by atoms with Crippen LogP contribution in [0.3, 0.4) is 0 Å². The van der Waals surface area contributed by atoms with Gasteiger partial charge in [-0.15, -0.1) is 0 Å². The van der Waals surface area contributed by atoms with Gasteiger partial charge in [0.2, 0.25) is 6.10 Å². The molecule has 1 aliphatic rings. The SMILES string of the molecule is CCCCN(C)C(=O)C1CC(C(=O)O)=NO1. The van der Waals surface area contributed by atoms with E-state index in [0.29, 0.717) is 6.54 Å². The molecular weight excluding hydrogens is 212 g/mol. The van der Waals surface area contributed by atoms with Crippen LogP contribution in [0.5, 0.6) is 0 Å². The molecule has 16 heavy (non-hydrogen) atoms. The summed E-state index contributed by atoms with van der Waals surface area (Å²) in [7, 11) is 1.68. The normalized spacial score (nSPS) is 18.9. The van der Waals surface area contributed by atoms with Crippen LogP contribution in [0.25, 0.3) is 0 Å². The molecule has 0 saturated heterocycles. The highest BCUT2D eigenvalue weighted by Crippen LogP contribution is 2.13. The Kier molecular flexibility index (Phi) is 4.28. The van der Waals surface area contributed by atoms with E-state index in [9.17, 15) is 9.59 Å². The fraction of sp³-hybridized carbons (Fsp3) is 0.700. The Morgan fingerprint density at radius 2 is 2.31 bits per heavy atom. The van der Waals surface area contributed by atoms with E-state index >= 15 is 0 Å². The van der Waals surface area contributed by atoms with Gasteiger partial charge in [-0.25, -0.2) is 4.79 Å². The third-order valence-corrected chi connectivity index (χ3v) is 2.41. The minimum Gasteiger partial charge on any atom is -0.477 e. The number of unbranched alkanes of at least 4 members (excludes halogenated alkanes) is 1. The van der Waals surface area contributed by atoms with Gasteiger partial charge in [0.05, 0.1) is 0 Å². The van der Waals surface area contributed by atoms with E-state index in [-0.39, 0.29) is 18.0 Å². The Labute approximate surface area is 93.9 Å². The molecule has 1 heterocycles. The van der Waals surface area contributed by atoms with Crippen LogP contribution in [0.15, 0.2) is 5.16 Å². The Balaban J connectivity index is 2.43. The summed E-state index contributed by atoms with van der Waals surface area (Å²) in [6, 6.07) is 0. The molecule has 0 aromatic heterocycles. The van der Waals surface area contributed by atoms with Crippen LogP contribution >= 0.6 is 0 Å². The summed E-state index contributed by atoms with van der Waals surface area (Å²) < 4.78 is 0. The maximum absolute atomic E-state index is 11.8. The highest BCUT2D eigenvalue weighted by atomic mass is 16.6. The monoisotopic (exact) mass is 228 g/mol. The number of aliphatic carboxylic acids is 1. The molecule has 0 aromatic carbocycles. The Morgan fingerprint density at radius 1 is 1.62 bits per heavy atom. The number of amides is 1. The number of nitrogens with zero attached hydrogens (tertiary/aromatic N) is 2. The molecule has 6 heteroatoms. The lowest BCUT2D eigenvalue weighted by atomic mass is 10.1. The molecule has 0 aliphatic carbocycles. The van der Waals surface area contributed by atoms with Crippen LogP contribution in [-0.4, -0.2) is 47.3 Å². The number of rotatable bonds is 5. The van der Waals surface area contributed by atoms with Gasteiger partial charge >= 0.3 is 5.97 Å². The van der Waals surface area contributed by atoms with Crippen molar-refractivity contribution in [2.24, 2.45) is 5.16 Å². The van der Waals surface area contributed by atoms with Gasteiger partial charge in [-0.05, 0) is 6.42 Å². The highest BCUT2D eigenvalue weighted by molar-refractivity contribution is 6.36. The second kappa shape index (κ2) is 5.48. The molecule has 0 fully saturated rings. The van der Waals surface area contributed by atoms with E-state index in [0.717, 1.165) is 12.8 Å². The van der Waals surface area contributed by atoms with Gasteiger partial charge in [0, 0.05) is 20.0 Å². The number of oxime groups is 1. The number of carbonyl (C=O) groups is 2. The van der Waals surface area contributed by atoms with Gasteiger partial charge in [-0.2, -0.15) is 0 Å². The van der Waals surface area contributed by atoms with E-state index in [1.54, 1.807) is 11.9 Å². The van der Waals surface area contributed by atoms with Gasteiger partial charge in [0.15, 0.2) is 5.71 Å². The van der Waals surface area contributed by atoms with Crippen molar-refractivity contribution in [2.45, 2.75) is 32.3 Å². The fourth-order valence-electron chi connectivity index (χ4n) is 1.39. The number of hydrogen-bond acceptors (Lipinski definition) is 4. The van der Waals surface area contributed by atoms with E-state index in [2.05, 4.69) is 5.16 Å². The lowest BCUT2D eigenvalue weighted by Gasteiger charge is -2.19. The number of carboxylic acids is 1. The first-order valence-electron chi connectivity index (χ1n) is 5.27. The molecule has 0 saturated carbocycles. The fourth-order valence-corrected chi connectivity index (χ4v) is 1.39. The molecule has 1 aliphatic heterocycles. The van der Waals surface area contributed by atoms with Crippen molar-refractivity contribution < 1.29 is 19.5 Å². The predicted molar refractivity (Wildman–Crippen MR) is 57.1 cm³/mol. The minimum absolute atomic E-state index is 0.0463. The maximum Gasteiger partial charge on any atom is 0.353 e. The molecule has 90 valence electrons. The van der Waals surface area contributed by atoms with Crippen LogP contribution in [0.4, 0.5) is 0 Å². The zero-order chi connectivity index (χ0) is 12.1. The number of carboxylic acid groups (broad SMARTS) is 1. The Bertz CT molecular complexity index is 314. The standard InChI is InChI=1S/C10H16N2O4/c1-3-4-5-12(2)9(13)8-6-7(10(14)15)11-16-8/h8H,3-6H2,1-2H3,(H,14,15). The molecule has 0 radical (unpaired) electrons. The molecule has 1 N–H and O–H groups in total. The van der Waals surface area contributed by atoms with Crippen molar-refractivity contribution in [3.05, 3.63) is 0 Å². The van der Waals surface area contributed by atoms with Crippen molar-refractivity contribution in [3.8, 4) is 0 Å². The zero-order valence-electron chi connectivity index (χ0n) is 9.47. The van der Waals surface area contributed by atoms with Crippen molar-refractivity contribution in [1.29, 1.82) is 0 Å². The van der Waals surface area contributed by atoms with Crippen LogP contribution in [0, 0.1) is 0 Å². The molecular formula is C10H16N2O4. The summed E-state index contributed by atoms with van der Waals surface area (Å²) >= 11 is 0. The first-order valence-corrected chi connectivity index (χ1v) is 5.27. The molecule has 1 rings (SSSR count). The van der Waals surface area contributed by atoms with Crippen LogP contribution in [0.2, 0.25) is 0 Å². The van der Waals surface area contributed by atoms with E-state index in [1.165, 1.54) is 0 Å². The van der Waals surface area contributed by atoms with Gasteiger partial charge in [-0.3, -0.25) is 4.79 Å². The average Bonchev–Trinajstić information content (AvgIpc) is 2.74. The lowest BCUT2D eigenvalue weighted by Crippen LogP contribution is -2.37. The Morgan fingerprint density at radius 3 is 2.81 bits per heavy atom. The number of hydrogen-bond donors (Lipinski definition) is 1. The first kappa shape index (κ1) is 12.5. The summed E-state index contributed by atoms with van der Waals surface area (Å²) in [5.74, 6) is -1.35. The second-order valence-electron chi connectivity index (χ2n) is 3.75. The second-order valence-corrected chi connectivity index (χ2v) is 3.75. The van der Waals surface area contributed by atoms with Gasteiger partial charge in [0.1, 0.15) is 0 Å². The molecule has 0 spiro atoms. The molecule has 6 nitrogen and oxygen atoms in total. The molecule has 0 bridgehead atoms. The highest BCUT2D eigenvalue weighted by Gasteiger charge is 2.33. The smallest absolute Gasteiger partial charge is 0.353 e. The summed E-state index contributed by atoms with van der Waals surface area (Å²) in [6.07, 6.45) is 1.19. The molecule has 0 aromatic rings. The van der Waals surface area contributed by atoms with Crippen LogP contribution in [-0.2, 0) is 14.4 Å². The summed E-state index contributed by atoms with van der Waals surface area (Å²) in [5, 5.41) is 12.0. The summed E-state index contributed by atoms with van der Waals surface area (Å²) in [4.78, 5) is 28.7. The summed E-state index contributed by atoms with van der Waals surface area (Å²) in [5.41, 5.74) is -0.0951. The van der Waals surface area contributed by atoms with Crippen molar-refractivity contribution in [1.82, 2.24) is 4.90 Å². The van der Waals surface area contributed by atoms with Gasteiger partial charge in [-0.1, -0.05) is 18.5 Å². The predicted octanol–water partition coefficient (Wildman–Crippen LogP) is 0.474. The van der Waals surface area contributed by atoms with E-state index < -0.39 is 12.1 Å². The summed E-state index contributed by atoms with van der Waals surface area (Å²) in [6.45, 7) is 2.69. The Hall–Kier alpha value is -1.59. The largest absolute Gasteiger partial charge is 0.477 e. The quantitative estimate of drug-likeness (QED) is 0.742. The average molecular weight is 228 g/mol. The number of likely N-dealkylation sites (N-methyl/N-ethyl adjacent to an activating group) is 1. The lowest BCUT2D eigenvalue weighted by molar-refractivity contribution is -0.140. The first-order chi connectivity index (χ1) is 7.56. The number of carbonyl (C=O) groups excluding carboxylic acids is 1. The minimum atomic E-state index is -1.13. The third-order valence-electron chi connectivity index (χ3n) is 2.41.